The van der Waals surface area contributed by atoms with Crippen molar-refractivity contribution in [3.63, 3.8) is 0 Å². The van der Waals surface area contributed by atoms with Crippen LogP contribution in [0.2, 0.25) is 0 Å². The highest BCUT2D eigenvalue weighted by atomic mass is 16.5. The smallest absolute Gasteiger partial charge is 0.359 e. The van der Waals surface area contributed by atoms with Crippen molar-refractivity contribution in [2.24, 2.45) is 0 Å². The van der Waals surface area contributed by atoms with Gasteiger partial charge in [-0.25, -0.2) is 9.48 Å². The van der Waals surface area contributed by atoms with Gasteiger partial charge in [0.15, 0.2) is 12.3 Å². The second-order valence-electron chi connectivity index (χ2n) is 7.46. The van der Waals surface area contributed by atoms with E-state index < -0.39 is 5.97 Å². The lowest BCUT2D eigenvalue weighted by molar-refractivity contribution is -0.138. The summed E-state index contributed by atoms with van der Waals surface area (Å²) in [5.41, 5.74) is -0.195. The first-order valence-corrected chi connectivity index (χ1v) is 9.92. The highest BCUT2D eigenvalue weighted by Gasteiger charge is 2.27. The number of rotatable bonds is 5. The molecule has 1 atom stereocenters. The van der Waals surface area contributed by atoms with E-state index in [1.54, 1.807) is 24.3 Å². The molecular formula is C21H27N3O4. The van der Waals surface area contributed by atoms with Crippen molar-refractivity contribution in [1.29, 1.82) is 0 Å². The molecule has 0 bridgehead atoms. The molecule has 1 aliphatic rings. The lowest BCUT2D eigenvalue weighted by Crippen LogP contribution is -2.45. The molecule has 1 aromatic heterocycles. The van der Waals surface area contributed by atoms with Gasteiger partial charge < -0.3 is 9.64 Å². The molecule has 1 aromatic carbocycles. The molecule has 1 amide bonds. The molecule has 3 rings (SSSR count). The van der Waals surface area contributed by atoms with Crippen molar-refractivity contribution < 1.29 is 14.3 Å². The quantitative estimate of drug-likeness (QED) is 0.739. The minimum atomic E-state index is -0.691. The minimum absolute atomic E-state index is 0.0578. The molecule has 1 fully saturated rings. The van der Waals surface area contributed by atoms with E-state index in [0.717, 1.165) is 25.7 Å². The van der Waals surface area contributed by atoms with Crippen LogP contribution in [0.5, 0.6) is 0 Å². The summed E-state index contributed by atoms with van der Waals surface area (Å²) >= 11 is 0. The maximum Gasteiger partial charge on any atom is 0.359 e. The van der Waals surface area contributed by atoms with E-state index in [-0.39, 0.29) is 35.9 Å². The van der Waals surface area contributed by atoms with Crippen molar-refractivity contribution in [3.05, 3.63) is 40.3 Å². The standard InChI is InChI=1S/C21H27N3O4/c1-4-15-9-7-8-12-23(15)18(25)13-28-21(27)19-16-10-5-6-11-17(16)20(26)24(22-19)14(2)3/h5-6,10-11,14-15H,4,7-9,12-13H2,1-3H3/t15-/m1/s1. The normalized spacial score (nSPS) is 17.1. The van der Waals surface area contributed by atoms with E-state index in [1.165, 1.54) is 4.68 Å². The van der Waals surface area contributed by atoms with Crippen LogP contribution in [0.15, 0.2) is 29.1 Å². The van der Waals surface area contributed by atoms with Gasteiger partial charge in [0.05, 0.1) is 11.4 Å². The summed E-state index contributed by atoms with van der Waals surface area (Å²) in [6.07, 6.45) is 3.98. The number of nitrogens with zero attached hydrogens (tertiary/aromatic N) is 3. The summed E-state index contributed by atoms with van der Waals surface area (Å²) in [5, 5.41) is 5.07. The third-order valence-electron chi connectivity index (χ3n) is 5.26. The van der Waals surface area contributed by atoms with Gasteiger partial charge in [0, 0.05) is 18.0 Å². The number of aromatic nitrogens is 2. The molecule has 0 saturated carbocycles. The molecule has 0 unspecified atom stereocenters. The van der Waals surface area contributed by atoms with Crippen LogP contribution in [0.3, 0.4) is 0 Å². The molecule has 0 aliphatic carbocycles. The largest absolute Gasteiger partial charge is 0.451 e. The predicted molar refractivity (Wildman–Crippen MR) is 106 cm³/mol. The summed E-state index contributed by atoms with van der Waals surface area (Å²) in [7, 11) is 0. The second-order valence-corrected chi connectivity index (χ2v) is 7.46. The molecule has 2 heterocycles. The van der Waals surface area contributed by atoms with Crippen LogP contribution >= 0.6 is 0 Å². The van der Waals surface area contributed by atoms with Crippen LogP contribution < -0.4 is 5.56 Å². The van der Waals surface area contributed by atoms with Crippen molar-refractivity contribution in [2.45, 2.75) is 58.5 Å². The van der Waals surface area contributed by atoms with Gasteiger partial charge in [-0.15, -0.1) is 0 Å². The maximum absolute atomic E-state index is 12.7. The highest BCUT2D eigenvalue weighted by molar-refractivity contribution is 6.02. The summed E-state index contributed by atoms with van der Waals surface area (Å²) < 4.78 is 6.59. The van der Waals surface area contributed by atoms with Crippen LogP contribution in [0.4, 0.5) is 0 Å². The summed E-state index contributed by atoms with van der Waals surface area (Å²) in [4.78, 5) is 39.7. The zero-order chi connectivity index (χ0) is 20.3. The molecular weight excluding hydrogens is 358 g/mol. The molecule has 0 spiro atoms. The van der Waals surface area contributed by atoms with Gasteiger partial charge in [-0.2, -0.15) is 5.10 Å². The van der Waals surface area contributed by atoms with Crippen LogP contribution in [0, 0.1) is 0 Å². The maximum atomic E-state index is 12.7. The summed E-state index contributed by atoms with van der Waals surface area (Å²) in [6.45, 7) is 6.10. The first-order valence-electron chi connectivity index (χ1n) is 9.92. The SMILES string of the molecule is CC[C@@H]1CCCCN1C(=O)COC(=O)c1nn(C(C)C)c(=O)c2ccccc12. The van der Waals surface area contributed by atoms with Crippen molar-refractivity contribution >= 4 is 22.6 Å². The fraction of sp³-hybridized carbons (Fsp3) is 0.524. The van der Waals surface area contributed by atoms with Crippen molar-refractivity contribution in [1.82, 2.24) is 14.7 Å². The number of esters is 1. The summed E-state index contributed by atoms with van der Waals surface area (Å²) in [5.74, 6) is -0.870. The number of benzene rings is 1. The van der Waals surface area contributed by atoms with Gasteiger partial charge in [0.1, 0.15) is 0 Å². The van der Waals surface area contributed by atoms with E-state index in [9.17, 15) is 14.4 Å². The minimum Gasteiger partial charge on any atom is -0.451 e. The number of carbonyl (C=O) groups excluding carboxylic acids is 2. The Bertz CT molecular complexity index is 935. The van der Waals surface area contributed by atoms with Crippen LogP contribution in [0.25, 0.3) is 10.8 Å². The Kier molecular flexibility index (Phi) is 6.11. The number of amides is 1. The summed E-state index contributed by atoms with van der Waals surface area (Å²) in [6, 6.07) is 6.83. The topological polar surface area (TPSA) is 81.5 Å². The van der Waals surface area contributed by atoms with Gasteiger partial charge >= 0.3 is 5.97 Å². The molecule has 7 heteroatoms. The van der Waals surface area contributed by atoms with E-state index in [4.69, 9.17) is 4.74 Å². The van der Waals surface area contributed by atoms with Gasteiger partial charge in [-0.3, -0.25) is 9.59 Å². The Hall–Kier alpha value is -2.70. The third-order valence-corrected chi connectivity index (χ3v) is 5.26. The zero-order valence-electron chi connectivity index (χ0n) is 16.7. The second kappa shape index (κ2) is 8.54. The van der Waals surface area contributed by atoms with Crippen LogP contribution in [-0.4, -0.2) is 45.8 Å². The highest BCUT2D eigenvalue weighted by Crippen LogP contribution is 2.20. The Morgan fingerprint density at radius 2 is 1.93 bits per heavy atom. The fourth-order valence-electron chi connectivity index (χ4n) is 3.74. The lowest BCUT2D eigenvalue weighted by atomic mass is 10.00. The monoisotopic (exact) mass is 385 g/mol. The van der Waals surface area contributed by atoms with Crippen LogP contribution in [-0.2, 0) is 9.53 Å². The predicted octanol–water partition coefficient (Wildman–Crippen LogP) is 2.93. The molecule has 1 aliphatic heterocycles. The van der Waals surface area contributed by atoms with Gasteiger partial charge in [0.25, 0.3) is 11.5 Å². The Labute approximate surface area is 164 Å². The zero-order valence-corrected chi connectivity index (χ0v) is 16.7. The number of fused-ring (bicyclic) bond motifs is 1. The van der Waals surface area contributed by atoms with E-state index >= 15 is 0 Å². The number of likely N-dealkylation sites (tertiary alicyclic amines) is 1. The Morgan fingerprint density at radius 3 is 2.61 bits per heavy atom. The molecule has 0 N–H and O–H groups in total. The lowest BCUT2D eigenvalue weighted by Gasteiger charge is -2.35. The molecule has 7 nitrogen and oxygen atoms in total. The average molecular weight is 385 g/mol. The molecule has 28 heavy (non-hydrogen) atoms. The molecule has 150 valence electrons. The van der Waals surface area contributed by atoms with Gasteiger partial charge in [0.2, 0.25) is 0 Å². The number of hydrogen-bond donors (Lipinski definition) is 0. The molecule has 0 radical (unpaired) electrons. The Balaban J connectivity index is 1.83. The Morgan fingerprint density at radius 1 is 1.21 bits per heavy atom. The van der Waals surface area contributed by atoms with E-state index in [1.807, 2.05) is 18.7 Å². The van der Waals surface area contributed by atoms with E-state index in [2.05, 4.69) is 12.0 Å². The van der Waals surface area contributed by atoms with Gasteiger partial charge in [-0.05, 0) is 45.6 Å². The molecule has 1 saturated heterocycles. The first kappa shape index (κ1) is 20.0. The first-order chi connectivity index (χ1) is 13.4. The van der Waals surface area contributed by atoms with E-state index in [0.29, 0.717) is 17.3 Å². The van der Waals surface area contributed by atoms with Gasteiger partial charge in [-0.1, -0.05) is 25.1 Å². The number of piperidine rings is 1. The average Bonchev–Trinajstić information content (AvgIpc) is 2.71. The van der Waals surface area contributed by atoms with Crippen molar-refractivity contribution in [3.8, 4) is 0 Å². The number of carbonyl (C=O) groups is 2. The third kappa shape index (κ3) is 3.93. The fourth-order valence-corrected chi connectivity index (χ4v) is 3.74. The molecule has 2 aromatic rings. The van der Waals surface area contributed by atoms with Crippen molar-refractivity contribution in [2.75, 3.05) is 13.2 Å². The number of hydrogen-bond acceptors (Lipinski definition) is 5. The number of ether oxygens (including phenoxy) is 1. The van der Waals surface area contributed by atoms with Crippen LogP contribution in [0.1, 0.15) is 63.0 Å².